The van der Waals surface area contributed by atoms with Gasteiger partial charge in [-0.25, -0.2) is 0 Å². The highest BCUT2D eigenvalue weighted by Gasteiger charge is 2.26. The van der Waals surface area contributed by atoms with Crippen LogP contribution < -0.4 is 11.1 Å². The molecule has 1 fully saturated rings. The lowest BCUT2D eigenvalue weighted by Gasteiger charge is -2.19. The van der Waals surface area contributed by atoms with Crippen LogP contribution in [0.2, 0.25) is 0 Å². The maximum absolute atomic E-state index is 11.9. The Labute approximate surface area is 131 Å². The van der Waals surface area contributed by atoms with Gasteiger partial charge < -0.3 is 11.1 Å². The van der Waals surface area contributed by atoms with E-state index in [1.165, 1.54) is 16.2 Å². The minimum Gasteiger partial charge on any atom is -0.353 e. The zero-order chi connectivity index (χ0) is 13.7. The Morgan fingerprint density at radius 1 is 1.45 bits per heavy atom. The second-order valence-electron chi connectivity index (χ2n) is 5.47. The average molecular weight is 317 g/mol. The Balaban J connectivity index is 0.00000200. The summed E-state index contributed by atoms with van der Waals surface area (Å²) < 4.78 is 0. The van der Waals surface area contributed by atoms with E-state index in [0.717, 1.165) is 25.7 Å². The Bertz CT molecular complexity index is 422. The van der Waals surface area contributed by atoms with Gasteiger partial charge in [-0.05, 0) is 57.2 Å². The molecule has 1 aliphatic rings. The summed E-state index contributed by atoms with van der Waals surface area (Å²) >= 11 is 1.83. The molecule has 1 aliphatic carbocycles. The highest BCUT2D eigenvalue weighted by Crippen LogP contribution is 2.24. The Morgan fingerprint density at radius 3 is 2.90 bits per heavy atom. The van der Waals surface area contributed by atoms with Crippen LogP contribution in [0.15, 0.2) is 12.1 Å². The number of nitrogens with one attached hydrogen (secondary N) is 1. The smallest absolute Gasteiger partial charge is 0.220 e. The SMILES string of the molecule is Cc1ccc(CCCC(=O)NC2CCCC2CN)s1.Cl. The molecule has 0 bridgehead atoms. The molecule has 1 amide bonds. The van der Waals surface area contributed by atoms with E-state index in [0.29, 0.717) is 24.9 Å². The summed E-state index contributed by atoms with van der Waals surface area (Å²) in [4.78, 5) is 14.6. The van der Waals surface area contributed by atoms with E-state index in [9.17, 15) is 4.79 Å². The van der Waals surface area contributed by atoms with Gasteiger partial charge in [0.25, 0.3) is 0 Å². The summed E-state index contributed by atoms with van der Waals surface area (Å²) in [5.74, 6) is 0.683. The van der Waals surface area contributed by atoms with Crippen molar-refractivity contribution in [3.63, 3.8) is 0 Å². The summed E-state index contributed by atoms with van der Waals surface area (Å²) in [5.41, 5.74) is 5.73. The maximum atomic E-state index is 11.9. The van der Waals surface area contributed by atoms with Crippen molar-refractivity contribution < 1.29 is 4.79 Å². The lowest BCUT2D eigenvalue weighted by atomic mass is 10.0. The highest BCUT2D eigenvalue weighted by atomic mass is 35.5. The number of thiophene rings is 1. The minimum absolute atomic E-state index is 0. The predicted molar refractivity (Wildman–Crippen MR) is 87.6 cm³/mol. The first kappa shape index (κ1) is 17.5. The van der Waals surface area contributed by atoms with Gasteiger partial charge in [0.15, 0.2) is 0 Å². The van der Waals surface area contributed by atoms with E-state index in [-0.39, 0.29) is 18.3 Å². The third-order valence-electron chi connectivity index (χ3n) is 3.93. The largest absolute Gasteiger partial charge is 0.353 e. The number of amides is 1. The molecule has 5 heteroatoms. The molecule has 1 saturated carbocycles. The molecule has 1 heterocycles. The van der Waals surface area contributed by atoms with Crippen LogP contribution in [0.25, 0.3) is 0 Å². The Kier molecular flexibility index (Phi) is 7.56. The lowest BCUT2D eigenvalue weighted by molar-refractivity contribution is -0.122. The molecular formula is C15H25ClN2OS. The van der Waals surface area contributed by atoms with Crippen LogP contribution in [0.1, 0.15) is 41.9 Å². The molecule has 1 aromatic rings. The molecule has 2 unspecified atom stereocenters. The summed E-state index contributed by atoms with van der Waals surface area (Å²) in [7, 11) is 0. The molecule has 3 nitrogen and oxygen atoms in total. The van der Waals surface area contributed by atoms with Gasteiger partial charge in [-0.15, -0.1) is 23.7 Å². The molecule has 2 atom stereocenters. The normalized spacial score (nSPS) is 21.5. The number of rotatable bonds is 6. The number of carbonyl (C=O) groups excluding carboxylic acids is 1. The monoisotopic (exact) mass is 316 g/mol. The summed E-state index contributed by atoms with van der Waals surface area (Å²) in [6, 6.07) is 4.63. The van der Waals surface area contributed by atoms with Gasteiger partial charge in [-0.2, -0.15) is 0 Å². The zero-order valence-corrected chi connectivity index (χ0v) is 13.7. The quantitative estimate of drug-likeness (QED) is 0.847. The Hall–Kier alpha value is -0.580. The number of aryl methyl sites for hydroxylation is 2. The van der Waals surface area contributed by atoms with Gasteiger partial charge in [0.05, 0.1) is 0 Å². The first-order chi connectivity index (χ1) is 9.19. The summed E-state index contributed by atoms with van der Waals surface area (Å²) in [6.07, 6.45) is 6.03. The van der Waals surface area contributed by atoms with Crippen LogP contribution in [-0.2, 0) is 11.2 Å². The molecule has 0 aromatic carbocycles. The van der Waals surface area contributed by atoms with E-state index in [1.54, 1.807) is 0 Å². The predicted octanol–water partition coefficient (Wildman–Crippen LogP) is 3.04. The minimum atomic E-state index is 0. The number of halogens is 1. The van der Waals surface area contributed by atoms with Crippen molar-refractivity contribution >= 4 is 29.7 Å². The molecule has 2 rings (SSSR count). The zero-order valence-electron chi connectivity index (χ0n) is 12.1. The van der Waals surface area contributed by atoms with Gasteiger partial charge in [-0.3, -0.25) is 4.79 Å². The first-order valence-electron chi connectivity index (χ1n) is 7.24. The molecule has 1 aromatic heterocycles. The van der Waals surface area contributed by atoms with Crippen LogP contribution in [-0.4, -0.2) is 18.5 Å². The van der Waals surface area contributed by atoms with Gasteiger partial charge in [-0.1, -0.05) is 6.42 Å². The lowest BCUT2D eigenvalue weighted by Crippen LogP contribution is -2.39. The second kappa shape index (κ2) is 8.65. The topological polar surface area (TPSA) is 55.1 Å². The first-order valence-corrected chi connectivity index (χ1v) is 8.05. The molecule has 0 aliphatic heterocycles. The second-order valence-corrected chi connectivity index (χ2v) is 6.84. The van der Waals surface area contributed by atoms with Gasteiger partial charge in [0, 0.05) is 22.2 Å². The molecule has 0 spiro atoms. The number of nitrogens with two attached hydrogens (primary N) is 1. The molecule has 114 valence electrons. The fourth-order valence-electron chi connectivity index (χ4n) is 2.83. The number of carbonyl (C=O) groups is 1. The molecule has 3 N–H and O–H groups in total. The standard InChI is InChI=1S/C15H24N2OS.ClH/c1-11-8-9-13(19-11)5-3-7-15(18)17-14-6-2-4-12(14)10-16;/h8-9,12,14H,2-7,10,16H2,1H3,(H,17,18);1H. The van der Waals surface area contributed by atoms with Crippen molar-refractivity contribution in [2.24, 2.45) is 11.7 Å². The fourth-order valence-corrected chi connectivity index (χ4v) is 3.76. The maximum Gasteiger partial charge on any atom is 0.220 e. The van der Waals surface area contributed by atoms with Gasteiger partial charge >= 0.3 is 0 Å². The molecular weight excluding hydrogens is 292 g/mol. The van der Waals surface area contributed by atoms with Crippen LogP contribution in [0.3, 0.4) is 0 Å². The molecule has 20 heavy (non-hydrogen) atoms. The van der Waals surface area contributed by atoms with Crippen LogP contribution >= 0.6 is 23.7 Å². The van der Waals surface area contributed by atoms with Crippen molar-refractivity contribution in [2.75, 3.05) is 6.54 Å². The van der Waals surface area contributed by atoms with Crippen molar-refractivity contribution in [2.45, 2.75) is 51.5 Å². The van der Waals surface area contributed by atoms with E-state index in [2.05, 4.69) is 24.4 Å². The third-order valence-corrected chi connectivity index (χ3v) is 4.99. The van der Waals surface area contributed by atoms with Gasteiger partial charge in [0.1, 0.15) is 0 Å². The van der Waals surface area contributed by atoms with Crippen molar-refractivity contribution in [1.82, 2.24) is 5.32 Å². The van der Waals surface area contributed by atoms with E-state index < -0.39 is 0 Å². The Morgan fingerprint density at radius 2 is 2.25 bits per heavy atom. The van der Waals surface area contributed by atoms with Crippen LogP contribution in [0.5, 0.6) is 0 Å². The van der Waals surface area contributed by atoms with Crippen LogP contribution in [0, 0.1) is 12.8 Å². The molecule has 0 saturated heterocycles. The van der Waals surface area contributed by atoms with Crippen molar-refractivity contribution in [3.8, 4) is 0 Å². The van der Waals surface area contributed by atoms with E-state index in [1.807, 2.05) is 11.3 Å². The van der Waals surface area contributed by atoms with E-state index >= 15 is 0 Å². The van der Waals surface area contributed by atoms with Crippen molar-refractivity contribution in [1.29, 1.82) is 0 Å². The fraction of sp³-hybridized carbons (Fsp3) is 0.667. The average Bonchev–Trinajstić information content (AvgIpc) is 2.98. The third kappa shape index (κ3) is 5.08. The van der Waals surface area contributed by atoms with Crippen molar-refractivity contribution in [3.05, 3.63) is 21.9 Å². The van der Waals surface area contributed by atoms with E-state index in [4.69, 9.17) is 5.73 Å². The number of hydrogen-bond acceptors (Lipinski definition) is 3. The highest BCUT2D eigenvalue weighted by molar-refractivity contribution is 7.11. The van der Waals surface area contributed by atoms with Crippen LogP contribution in [0.4, 0.5) is 0 Å². The molecule has 0 radical (unpaired) electrons. The summed E-state index contributed by atoms with van der Waals surface area (Å²) in [5, 5.41) is 3.16. The number of hydrogen-bond donors (Lipinski definition) is 2. The summed E-state index contributed by atoms with van der Waals surface area (Å²) in [6.45, 7) is 2.81. The van der Waals surface area contributed by atoms with Gasteiger partial charge in [0.2, 0.25) is 5.91 Å².